The largest absolute Gasteiger partial charge is 0.372 e. The van der Waals surface area contributed by atoms with Crippen LogP contribution in [0.2, 0.25) is 0 Å². The summed E-state index contributed by atoms with van der Waals surface area (Å²) in [6.07, 6.45) is 1.99. The Balaban J connectivity index is 2.15. The summed E-state index contributed by atoms with van der Waals surface area (Å²) in [6.45, 7) is 8.28. The first kappa shape index (κ1) is 14.4. The first-order chi connectivity index (χ1) is 8.27. The molecule has 0 aromatic heterocycles. The molecule has 0 spiro atoms. The third kappa shape index (κ3) is 5.48. The van der Waals surface area contributed by atoms with Crippen LogP contribution in [-0.2, 0) is 9.53 Å². The van der Waals surface area contributed by atoms with Crippen LogP contribution in [0.3, 0.4) is 0 Å². The van der Waals surface area contributed by atoms with Crippen LogP contribution < -0.4 is 5.73 Å². The Hall–Kier alpha value is -0.650. The van der Waals surface area contributed by atoms with Crippen molar-refractivity contribution in [3.05, 3.63) is 0 Å². The third-order valence-corrected chi connectivity index (χ3v) is 2.98. The van der Waals surface area contributed by atoms with Crippen molar-refractivity contribution < 1.29 is 9.53 Å². The smallest absolute Gasteiger partial charge is 0.248 e. The molecule has 0 aromatic rings. The van der Waals surface area contributed by atoms with Crippen LogP contribution in [-0.4, -0.2) is 68.2 Å². The first-order valence-corrected chi connectivity index (χ1v) is 6.56. The van der Waals surface area contributed by atoms with Crippen molar-refractivity contribution in [1.29, 1.82) is 0 Å². The van der Waals surface area contributed by atoms with Gasteiger partial charge in [-0.15, -0.1) is 0 Å². The normalized spacial score (nSPS) is 17.4. The van der Waals surface area contributed by atoms with Gasteiger partial charge in [-0.2, -0.15) is 0 Å². The number of carbonyl (C=O) groups is 1. The molecule has 17 heavy (non-hydrogen) atoms. The van der Waals surface area contributed by atoms with Crippen molar-refractivity contribution in [2.24, 2.45) is 5.73 Å². The van der Waals surface area contributed by atoms with Gasteiger partial charge in [0.05, 0.1) is 0 Å². The van der Waals surface area contributed by atoms with Crippen molar-refractivity contribution in [2.45, 2.75) is 19.8 Å². The fourth-order valence-corrected chi connectivity index (χ4v) is 1.93. The van der Waals surface area contributed by atoms with Crippen molar-refractivity contribution in [3.63, 3.8) is 0 Å². The van der Waals surface area contributed by atoms with E-state index in [4.69, 9.17) is 10.5 Å². The number of carbonyl (C=O) groups excluding carboxylic acids is 1. The SMILES string of the molecule is CCCOCC(=O)N1CCN(CCCN)CC1. The van der Waals surface area contributed by atoms with Crippen LogP contribution in [0.25, 0.3) is 0 Å². The Bertz CT molecular complexity index is 216. The van der Waals surface area contributed by atoms with Crippen LogP contribution in [0.5, 0.6) is 0 Å². The molecule has 0 aromatic carbocycles. The molecular weight excluding hydrogens is 218 g/mol. The molecule has 1 fully saturated rings. The highest BCUT2D eigenvalue weighted by Crippen LogP contribution is 2.03. The molecule has 0 bridgehead atoms. The molecule has 0 unspecified atom stereocenters. The van der Waals surface area contributed by atoms with Gasteiger partial charge in [-0.1, -0.05) is 6.92 Å². The van der Waals surface area contributed by atoms with Gasteiger partial charge in [0, 0.05) is 32.8 Å². The molecule has 0 radical (unpaired) electrons. The van der Waals surface area contributed by atoms with Gasteiger partial charge >= 0.3 is 0 Å². The summed E-state index contributed by atoms with van der Waals surface area (Å²) >= 11 is 0. The lowest BCUT2D eigenvalue weighted by Crippen LogP contribution is -2.50. The van der Waals surface area contributed by atoms with Crippen LogP contribution in [0, 0.1) is 0 Å². The Morgan fingerprint density at radius 3 is 2.59 bits per heavy atom. The lowest BCUT2D eigenvalue weighted by Gasteiger charge is -2.34. The molecule has 5 heteroatoms. The van der Waals surface area contributed by atoms with Gasteiger partial charge < -0.3 is 15.4 Å². The van der Waals surface area contributed by atoms with E-state index in [9.17, 15) is 4.79 Å². The molecule has 1 heterocycles. The summed E-state index contributed by atoms with van der Waals surface area (Å²) in [6, 6.07) is 0. The minimum absolute atomic E-state index is 0.122. The fourth-order valence-electron chi connectivity index (χ4n) is 1.93. The van der Waals surface area contributed by atoms with Gasteiger partial charge in [-0.25, -0.2) is 0 Å². The van der Waals surface area contributed by atoms with Gasteiger partial charge in [-0.05, 0) is 25.9 Å². The van der Waals surface area contributed by atoms with Crippen LogP contribution in [0.15, 0.2) is 0 Å². The van der Waals surface area contributed by atoms with E-state index >= 15 is 0 Å². The number of hydrogen-bond donors (Lipinski definition) is 1. The molecule has 1 aliphatic heterocycles. The zero-order chi connectivity index (χ0) is 12.5. The lowest BCUT2D eigenvalue weighted by atomic mass is 10.3. The molecule has 1 rings (SSSR count). The monoisotopic (exact) mass is 243 g/mol. The standard InChI is InChI=1S/C12H25N3O2/c1-2-10-17-11-12(16)15-8-6-14(7-9-15)5-3-4-13/h2-11,13H2,1H3. The fraction of sp³-hybridized carbons (Fsp3) is 0.917. The van der Waals surface area contributed by atoms with Crippen molar-refractivity contribution in [2.75, 3.05) is 52.5 Å². The van der Waals surface area contributed by atoms with Crippen LogP contribution in [0.4, 0.5) is 0 Å². The molecule has 100 valence electrons. The molecule has 2 N–H and O–H groups in total. The maximum atomic E-state index is 11.8. The van der Waals surface area contributed by atoms with E-state index in [1.165, 1.54) is 0 Å². The molecule has 1 saturated heterocycles. The van der Waals surface area contributed by atoms with Crippen molar-refractivity contribution >= 4 is 5.91 Å². The second-order valence-electron chi connectivity index (χ2n) is 4.42. The van der Waals surface area contributed by atoms with Crippen LogP contribution in [0.1, 0.15) is 19.8 Å². The van der Waals surface area contributed by atoms with Crippen LogP contribution >= 0.6 is 0 Å². The average Bonchev–Trinajstić information content (AvgIpc) is 2.37. The summed E-state index contributed by atoms with van der Waals surface area (Å²) in [4.78, 5) is 16.0. The Morgan fingerprint density at radius 2 is 2.00 bits per heavy atom. The van der Waals surface area contributed by atoms with E-state index < -0.39 is 0 Å². The van der Waals surface area contributed by atoms with Gasteiger partial charge in [0.25, 0.3) is 0 Å². The minimum atomic E-state index is 0.122. The predicted molar refractivity (Wildman–Crippen MR) is 67.8 cm³/mol. The first-order valence-electron chi connectivity index (χ1n) is 6.56. The Morgan fingerprint density at radius 1 is 1.29 bits per heavy atom. The number of ether oxygens (including phenoxy) is 1. The van der Waals surface area contributed by atoms with Crippen molar-refractivity contribution in [1.82, 2.24) is 9.80 Å². The maximum absolute atomic E-state index is 11.8. The molecule has 1 amide bonds. The van der Waals surface area contributed by atoms with E-state index in [0.717, 1.165) is 52.1 Å². The summed E-state index contributed by atoms with van der Waals surface area (Å²) in [7, 11) is 0. The van der Waals surface area contributed by atoms with E-state index in [2.05, 4.69) is 4.90 Å². The number of nitrogens with zero attached hydrogens (tertiary/aromatic N) is 2. The number of piperazine rings is 1. The molecule has 0 atom stereocenters. The number of amides is 1. The zero-order valence-corrected chi connectivity index (χ0v) is 10.9. The topological polar surface area (TPSA) is 58.8 Å². The highest BCUT2D eigenvalue weighted by atomic mass is 16.5. The summed E-state index contributed by atoms with van der Waals surface area (Å²) < 4.78 is 5.27. The maximum Gasteiger partial charge on any atom is 0.248 e. The third-order valence-electron chi connectivity index (χ3n) is 2.98. The zero-order valence-electron chi connectivity index (χ0n) is 10.9. The van der Waals surface area contributed by atoms with Gasteiger partial charge in [0.1, 0.15) is 6.61 Å². The highest BCUT2D eigenvalue weighted by Gasteiger charge is 2.20. The summed E-state index contributed by atoms with van der Waals surface area (Å²) in [5, 5.41) is 0. The average molecular weight is 243 g/mol. The van der Waals surface area contributed by atoms with E-state index in [0.29, 0.717) is 6.61 Å². The van der Waals surface area contributed by atoms with E-state index in [1.807, 2.05) is 11.8 Å². The molecule has 5 nitrogen and oxygen atoms in total. The van der Waals surface area contributed by atoms with Gasteiger partial charge in [-0.3, -0.25) is 9.69 Å². The quantitative estimate of drug-likeness (QED) is 0.635. The predicted octanol–water partition coefficient (Wildman–Crippen LogP) is -0.0940. The second-order valence-corrected chi connectivity index (χ2v) is 4.42. The summed E-state index contributed by atoms with van der Waals surface area (Å²) in [5.74, 6) is 0.122. The molecular formula is C12H25N3O2. The second kappa shape index (κ2) is 8.44. The van der Waals surface area contributed by atoms with E-state index in [-0.39, 0.29) is 12.5 Å². The molecule has 1 aliphatic rings. The van der Waals surface area contributed by atoms with E-state index in [1.54, 1.807) is 0 Å². The molecule has 0 aliphatic carbocycles. The number of hydrogen-bond acceptors (Lipinski definition) is 4. The summed E-state index contributed by atoms with van der Waals surface area (Å²) in [5.41, 5.74) is 5.48. The Kier molecular flexibility index (Phi) is 7.16. The highest BCUT2D eigenvalue weighted by molar-refractivity contribution is 5.77. The number of nitrogens with two attached hydrogens (primary N) is 1. The van der Waals surface area contributed by atoms with Crippen molar-refractivity contribution in [3.8, 4) is 0 Å². The lowest BCUT2D eigenvalue weighted by molar-refractivity contribution is -0.137. The Labute approximate surface area is 104 Å². The van der Waals surface area contributed by atoms with Gasteiger partial charge in [0.15, 0.2) is 0 Å². The number of rotatable bonds is 7. The minimum Gasteiger partial charge on any atom is -0.372 e. The van der Waals surface area contributed by atoms with Gasteiger partial charge in [0.2, 0.25) is 5.91 Å². The molecule has 0 saturated carbocycles.